The van der Waals surface area contributed by atoms with Crippen LogP contribution in [0.4, 0.5) is 0 Å². The molecular formula is C10H10N2O2. The van der Waals surface area contributed by atoms with Crippen LogP contribution in [0, 0.1) is 11.3 Å². The lowest BCUT2D eigenvalue weighted by atomic mass is 10.1. The Labute approximate surface area is 81.8 Å². The molecule has 1 aliphatic heterocycles. The summed E-state index contributed by atoms with van der Waals surface area (Å²) >= 11 is 0. The normalized spacial score (nSPS) is 18.1. The summed E-state index contributed by atoms with van der Waals surface area (Å²) in [4.78, 5) is 0. The molecule has 0 spiro atoms. The second kappa shape index (κ2) is 3.56. The number of hydrogen-bond donors (Lipinski definition) is 1. The highest BCUT2D eigenvalue weighted by Crippen LogP contribution is 2.33. The lowest BCUT2D eigenvalue weighted by Crippen LogP contribution is -2.10. The van der Waals surface area contributed by atoms with E-state index in [-0.39, 0.29) is 12.6 Å². The first-order chi connectivity index (χ1) is 6.81. The largest absolute Gasteiger partial charge is 0.491 e. The Morgan fingerprint density at radius 3 is 3.29 bits per heavy atom. The molecule has 14 heavy (non-hydrogen) atoms. The van der Waals surface area contributed by atoms with Crippen LogP contribution in [0.3, 0.4) is 0 Å². The van der Waals surface area contributed by atoms with E-state index in [1.54, 1.807) is 12.1 Å². The quantitative estimate of drug-likeness (QED) is 0.754. The molecule has 0 radical (unpaired) electrons. The predicted octanol–water partition coefficient (Wildman–Crippen LogP) is 0.981. The predicted molar refractivity (Wildman–Crippen MR) is 50.0 cm³/mol. The molecule has 0 amide bonds. The van der Waals surface area contributed by atoms with E-state index in [1.807, 2.05) is 12.1 Å². The van der Waals surface area contributed by atoms with Gasteiger partial charge in [-0.05, 0) is 12.1 Å². The molecule has 1 aromatic rings. The van der Waals surface area contributed by atoms with Crippen molar-refractivity contribution >= 4 is 0 Å². The smallest absolute Gasteiger partial charge is 0.174 e. The molecule has 0 saturated heterocycles. The Balaban J connectivity index is 2.20. The minimum Gasteiger partial charge on any atom is -0.491 e. The number of benzene rings is 1. The summed E-state index contributed by atoms with van der Waals surface area (Å²) in [5, 5.41) is 8.34. The van der Waals surface area contributed by atoms with Crippen LogP contribution in [0.2, 0.25) is 0 Å². The van der Waals surface area contributed by atoms with Gasteiger partial charge in [-0.3, -0.25) is 0 Å². The number of hydrogen-bond acceptors (Lipinski definition) is 4. The maximum atomic E-state index is 8.34. The first-order valence-corrected chi connectivity index (χ1v) is 4.33. The van der Waals surface area contributed by atoms with Gasteiger partial charge >= 0.3 is 0 Å². The molecule has 2 rings (SSSR count). The van der Waals surface area contributed by atoms with Gasteiger partial charge in [-0.15, -0.1) is 0 Å². The van der Waals surface area contributed by atoms with Gasteiger partial charge in [0.2, 0.25) is 0 Å². The third-order valence-corrected chi connectivity index (χ3v) is 2.11. The van der Waals surface area contributed by atoms with Gasteiger partial charge in [-0.1, -0.05) is 0 Å². The van der Waals surface area contributed by atoms with Gasteiger partial charge in [0.25, 0.3) is 0 Å². The summed E-state index contributed by atoms with van der Waals surface area (Å²) in [6.07, 6.45) is 0. The van der Waals surface area contributed by atoms with Gasteiger partial charge in [-0.2, -0.15) is 5.26 Å². The van der Waals surface area contributed by atoms with Crippen molar-refractivity contribution in [1.29, 1.82) is 5.26 Å². The Morgan fingerprint density at radius 2 is 2.50 bits per heavy atom. The molecule has 0 aromatic heterocycles. The van der Waals surface area contributed by atoms with Gasteiger partial charge < -0.3 is 15.2 Å². The monoisotopic (exact) mass is 190 g/mol. The molecule has 4 nitrogen and oxygen atoms in total. The lowest BCUT2D eigenvalue weighted by Gasteiger charge is -2.04. The Kier molecular flexibility index (Phi) is 2.25. The SMILES string of the molecule is N#CCOc1ccc2c(c1)OCC2N. The van der Waals surface area contributed by atoms with E-state index in [0.29, 0.717) is 12.4 Å². The second-order valence-electron chi connectivity index (χ2n) is 3.06. The zero-order valence-corrected chi connectivity index (χ0v) is 7.56. The lowest BCUT2D eigenvalue weighted by molar-refractivity contribution is 0.328. The second-order valence-corrected chi connectivity index (χ2v) is 3.06. The molecule has 72 valence electrons. The van der Waals surface area contributed by atoms with Gasteiger partial charge in [0, 0.05) is 11.6 Å². The highest BCUT2D eigenvalue weighted by molar-refractivity contribution is 5.44. The third-order valence-electron chi connectivity index (χ3n) is 2.11. The summed E-state index contributed by atoms with van der Waals surface area (Å²) < 4.78 is 10.5. The summed E-state index contributed by atoms with van der Waals surface area (Å²) in [5.74, 6) is 1.40. The Hall–Kier alpha value is -1.73. The first-order valence-electron chi connectivity index (χ1n) is 4.33. The van der Waals surface area contributed by atoms with E-state index in [1.165, 1.54) is 0 Å². The van der Waals surface area contributed by atoms with Crippen LogP contribution in [-0.4, -0.2) is 13.2 Å². The molecule has 1 atom stereocenters. The fraction of sp³-hybridized carbons (Fsp3) is 0.300. The van der Waals surface area contributed by atoms with Gasteiger partial charge in [0.15, 0.2) is 6.61 Å². The molecule has 0 aliphatic carbocycles. The van der Waals surface area contributed by atoms with Crippen molar-refractivity contribution in [2.75, 3.05) is 13.2 Å². The maximum Gasteiger partial charge on any atom is 0.174 e. The third kappa shape index (κ3) is 1.50. The number of fused-ring (bicyclic) bond motifs is 1. The maximum absolute atomic E-state index is 8.34. The number of rotatable bonds is 2. The summed E-state index contributed by atoms with van der Waals surface area (Å²) in [5.41, 5.74) is 6.77. The zero-order chi connectivity index (χ0) is 9.97. The minimum atomic E-state index is -0.0463. The summed E-state index contributed by atoms with van der Waals surface area (Å²) in [6.45, 7) is 0.557. The van der Waals surface area contributed by atoms with Crippen LogP contribution < -0.4 is 15.2 Å². The zero-order valence-electron chi connectivity index (χ0n) is 7.56. The van der Waals surface area contributed by atoms with Crippen molar-refractivity contribution < 1.29 is 9.47 Å². The van der Waals surface area contributed by atoms with Crippen molar-refractivity contribution in [2.45, 2.75) is 6.04 Å². The molecule has 1 heterocycles. The van der Waals surface area contributed by atoms with Crippen molar-refractivity contribution in [3.63, 3.8) is 0 Å². The molecule has 4 heteroatoms. The fourth-order valence-electron chi connectivity index (χ4n) is 1.42. The van der Waals surface area contributed by atoms with E-state index in [2.05, 4.69) is 0 Å². The average Bonchev–Trinajstić information content (AvgIpc) is 2.57. The van der Waals surface area contributed by atoms with Gasteiger partial charge in [-0.25, -0.2) is 0 Å². The fourth-order valence-corrected chi connectivity index (χ4v) is 1.42. The van der Waals surface area contributed by atoms with Gasteiger partial charge in [0.1, 0.15) is 24.2 Å². The standard InChI is InChI=1S/C10H10N2O2/c11-3-4-13-7-1-2-8-9(12)6-14-10(8)5-7/h1-2,5,9H,4,6,12H2. The van der Waals surface area contributed by atoms with E-state index in [9.17, 15) is 0 Å². The van der Waals surface area contributed by atoms with Crippen LogP contribution in [0.15, 0.2) is 18.2 Å². The molecule has 1 aromatic carbocycles. The van der Waals surface area contributed by atoms with Crippen LogP contribution in [0.25, 0.3) is 0 Å². The number of nitrogens with zero attached hydrogens (tertiary/aromatic N) is 1. The summed E-state index contributed by atoms with van der Waals surface area (Å²) in [7, 11) is 0. The molecule has 2 N–H and O–H groups in total. The van der Waals surface area contributed by atoms with Gasteiger partial charge in [0.05, 0.1) is 6.04 Å². The van der Waals surface area contributed by atoms with Crippen LogP contribution in [-0.2, 0) is 0 Å². The molecule has 0 saturated carbocycles. The number of nitriles is 1. The van der Waals surface area contributed by atoms with Crippen LogP contribution in [0.1, 0.15) is 11.6 Å². The van der Waals surface area contributed by atoms with Crippen LogP contribution in [0.5, 0.6) is 11.5 Å². The van der Waals surface area contributed by atoms with E-state index >= 15 is 0 Å². The molecule has 0 fully saturated rings. The number of ether oxygens (including phenoxy) is 2. The highest BCUT2D eigenvalue weighted by atomic mass is 16.5. The first kappa shape index (κ1) is 8.85. The van der Waals surface area contributed by atoms with Crippen molar-refractivity contribution in [3.8, 4) is 17.6 Å². The van der Waals surface area contributed by atoms with E-state index in [0.717, 1.165) is 11.3 Å². The minimum absolute atomic E-state index is 0.0463. The average molecular weight is 190 g/mol. The van der Waals surface area contributed by atoms with E-state index < -0.39 is 0 Å². The van der Waals surface area contributed by atoms with Crippen LogP contribution >= 0.6 is 0 Å². The molecule has 1 aliphatic rings. The molecular weight excluding hydrogens is 180 g/mol. The highest BCUT2D eigenvalue weighted by Gasteiger charge is 2.20. The molecule has 0 bridgehead atoms. The Bertz CT molecular complexity index is 384. The topological polar surface area (TPSA) is 68.3 Å². The Morgan fingerprint density at radius 1 is 1.64 bits per heavy atom. The summed E-state index contributed by atoms with van der Waals surface area (Å²) in [6, 6.07) is 7.29. The number of nitrogens with two attached hydrogens (primary N) is 1. The molecule has 1 unspecified atom stereocenters. The van der Waals surface area contributed by atoms with Crippen molar-refractivity contribution in [1.82, 2.24) is 0 Å². The van der Waals surface area contributed by atoms with Crippen molar-refractivity contribution in [2.24, 2.45) is 5.73 Å². The van der Waals surface area contributed by atoms with E-state index in [4.69, 9.17) is 20.5 Å². The van der Waals surface area contributed by atoms with Crippen molar-refractivity contribution in [3.05, 3.63) is 23.8 Å².